The van der Waals surface area contributed by atoms with Crippen LogP contribution in [-0.4, -0.2) is 39.6 Å². The normalized spacial score (nSPS) is 11.0. The maximum absolute atomic E-state index is 11.9. The van der Waals surface area contributed by atoms with Crippen molar-refractivity contribution in [2.75, 3.05) is 14.2 Å². The third-order valence-electron chi connectivity index (χ3n) is 5.51. The number of fused-ring (bicyclic) bond motifs is 2. The van der Waals surface area contributed by atoms with E-state index in [0.717, 1.165) is 27.8 Å². The molecule has 0 fully saturated rings. The molecule has 34 heavy (non-hydrogen) atoms. The summed E-state index contributed by atoms with van der Waals surface area (Å²) in [7, 11) is 3.19. The molecule has 0 unspecified atom stereocenters. The minimum Gasteiger partial charge on any atom is -0.497 e. The molecule has 0 aliphatic heterocycles. The Hall–Kier alpha value is -4.17. The average molecular weight is 474 g/mol. The second-order valence-electron chi connectivity index (χ2n) is 7.52. The van der Waals surface area contributed by atoms with Crippen molar-refractivity contribution in [3.63, 3.8) is 0 Å². The maximum atomic E-state index is 11.9. The van der Waals surface area contributed by atoms with E-state index < -0.39 is 0 Å². The van der Waals surface area contributed by atoms with Crippen LogP contribution in [0.15, 0.2) is 67.0 Å². The zero-order chi connectivity index (χ0) is 23.7. The van der Waals surface area contributed by atoms with Gasteiger partial charge in [0.15, 0.2) is 11.5 Å². The van der Waals surface area contributed by atoms with Crippen LogP contribution < -0.4 is 14.8 Å². The van der Waals surface area contributed by atoms with Gasteiger partial charge in [0, 0.05) is 30.9 Å². The molecule has 0 aliphatic rings. The number of pyridine rings is 2. The van der Waals surface area contributed by atoms with Crippen LogP contribution in [-0.2, 0) is 6.61 Å². The fraction of sp³-hybridized carbons (Fsp3) is 0.120. The molecule has 9 heteroatoms. The number of methoxy groups -OCH3 is 1. The molecule has 0 radical (unpaired) electrons. The predicted molar refractivity (Wildman–Crippen MR) is 129 cm³/mol. The highest BCUT2D eigenvalue weighted by Crippen LogP contribution is 2.29. The Balaban J connectivity index is 1.44. The molecule has 3 aromatic heterocycles. The zero-order valence-corrected chi connectivity index (χ0v) is 19.2. The van der Waals surface area contributed by atoms with Gasteiger partial charge in [-0.1, -0.05) is 17.7 Å². The lowest BCUT2D eigenvalue weighted by molar-refractivity contribution is 0.0963. The molecule has 0 spiro atoms. The van der Waals surface area contributed by atoms with Crippen LogP contribution in [0.3, 0.4) is 0 Å². The number of hydrogen-bond donors (Lipinski definition) is 1. The van der Waals surface area contributed by atoms with Gasteiger partial charge in [-0.15, -0.1) is 10.2 Å². The van der Waals surface area contributed by atoms with Gasteiger partial charge >= 0.3 is 0 Å². The monoisotopic (exact) mass is 473 g/mol. The average Bonchev–Trinajstić information content (AvgIpc) is 3.28. The van der Waals surface area contributed by atoms with Crippen LogP contribution >= 0.6 is 11.6 Å². The molecule has 0 saturated heterocycles. The van der Waals surface area contributed by atoms with Crippen molar-refractivity contribution in [3.05, 3.63) is 83.4 Å². The summed E-state index contributed by atoms with van der Waals surface area (Å²) in [6.45, 7) is 0.214. The summed E-state index contributed by atoms with van der Waals surface area (Å²) in [6, 6.07) is 16.6. The minimum atomic E-state index is -0.229. The number of carbonyl (C=O) groups excluding carboxylic acids is 1. The first-order valence-corrected chi connectivity index (χ1v) is 10.9. The van der Waals surface area contributed by atoms with Crippen molar-refractivity contribution >= 4 is 34.1 Å². The Labute approximate surface area is 200 Å². The first kappa shape index (κ1) is 21.7. The van der Waals surface area contributed by atoms with Crippen LogP contribution in [0.2, 0.25) is 5.02 Å². The van der Waals surface area contributed by atoms with Crippen LogP contribution in [0.25, 0.3) is 27.7 Å². The lowest BCUT2D eigenvalue weighted by Gasteiger charge is -2.10. The molecule has 8 nitrogen and oxygen atoms in total. The van der Waals surface area contributed by atoms with Gasteiger partial charge in [-0.3, -0.25) is 14.2 Å². The van der Waals surface area contributed by atoms with Crippen molar-refractivity contribution in [1.82, 2.24) is 24.9 Å². The van der Waals surface area contributed by atoms with Gasteiger partial charge in [-0.2, -0.15) is 0 Å². The van der Waals surface area contributed by atoms with Crippen molar-refractivity contribution in [1.29, 1.82) is 0 Å². The summed E-state index contributed by atoms with van der Waals surface area (Å²) in [5.74, 6) is 1.84. The lowest BCUT2D eigenvalue weighted by atomic mass is 10.1. The van der Waals surface area contributed by atoms with E-state index in [-0.39, 0.29) is 12.5 Å². The van der Waals surface area contributed by atoms with E-state index in [1.54, 1.807) is 32.5 Å². The number of nitrogens with zero attached hydrogens (tertiary/aromatic N) is 4. The molecule has 1 N–H and O–H groups in total. The molecule has 1 amide bonds. The maximum Gasteiger partial charge on any atom is 0.252 e. The number of halogens is 1. The first-order valence-electron chi connectivity index (χ1n) is 10.5. The van der Waals surface area contributed by atoms with E-state index >= 15 is 0 Å². The van der Waals surface area contributed by atoms with Crippen LogP contribution in [0.5, 0.6) is 11.5 Å². The Morgan fingerprint density at radius 2 is 1.91 bits per heavy atom. The Bertz CT molecular complexity index is 1530. The Kier molecular flexibility index (Phi) is 5.73. The fourth-order valence-corrected chi connectivity index (χ4v) is 3.98. The molecule has 0 aliphatic carbocycles. The zero-order valence-electron chi connectivity index (χ0n) is 18.4. The molecular formula is C25H20ClN5O3. The summed E-state index contributed by atoms with van der Waals surface area (Å²) in [4.78, 5) is 16.3. The van der Waals surface area contributed by atoms with Crippen molar-refractivity contribution < 1.29 is 14.3 Å². The van der Waals surface area contributed by atoms with Gasteiger partial charge in [-0.05, 0) is 53.6 Å². The SMILES string of the molecule is CNC(=O)c1ccc(-c2ccc3nnc(COc4ccnc5cc(OC)ccc45)n3c2)cc1Cl. The summed E-state index contributed by atoms with van der Waals surface area (Å²) in [6.07, 6.45) is 3.62. The molecule has 0 atom stereocenters. The topological polar surface area (TPSA) is 90.6 Å². The van der Waals surface area contributed by atoms with Crippen LogP contribution in [0.4, 0.5) is 0 Å². The molecule has 5 aromatic rings. The van der Waals surface area contributed by atoms with Crippen LogP contribution in [0.1, 0.15) is 16.2 Å². The first-order chi connectivity index (χ1) is 16.6. The van der Waals surface area contributed by atoms with Crippen molar-refractivity contribution in [3.8, 4) is 22.6 Å². The number of benzene rings is 2. The number of hydrogen-bond acceptors (Lipinski definition) is 6. The number of rotatable bonds is 6. The third kappa shape index (κ3) is 3.99. The number of ether oxygens (including phenoxy) is 2. The highest BCUT2D eigenvalue weighted by molar-refractivity contribution is 6.34. The molecule has 5 rings (SSSR count). The third-order valence-corrected chi connectivity index (χ3v) is 5.83. The van der Waals surface area contributed by atoms with Gasteiger partial charge in [0.25, 0.3) is 5.91 Å². The van der Waals surface area contributed by atoms with Gasteiger partial charge < -0.3 is 14.8 Å². The highest BCUT2D eigenvalue weighted by atomic mass is 35.5. The smallest absolute Gasteiger partial charge is 0.252 e. The number of nitrogens with one attached hydrogen (secondary N) is 1. The van der Waals surface area contributed by atoms with E-state index in [0.29, 0.717) is 27.8 Å². The second-order valence-corrected chi connectivity index (χ2v) is 7.92. The van der Waals surface area contributed by atoms with E-state index in [4.69, 9.17) is 21.1 Å². The molecule has 2 aromatic carbocycles. The molecule has 0 bridgehead atoms. The molecular weight excluding hydrogens is 454 g/mol. The van der Waals surface area contributed by atoms with Crippen LogP contribution in [0, 0.1) is 0 Å². The second kappa shape index (κ2) is 8.99. The van der Waals surface area contributed by atoms with Crippen molar-refractivity contribution in [2.24, 2.45) is 0 Å². The summed E-state index contributed by atoms with van der Waals surface area (Å²) in [5.41, 5.74) is 3.67. The van der Waals surface area contributed by atoms with E-state index in [9.17, 15) is 4.79 Å². The predicted octanol–water partition coefficient (Wildman–Crippen LogP) is 4.55. The molecule has 3 heterocycles. The fourth-order valence-electron chi connectivity index (χ4n) is 3.72. The Morgan fingerprint density at radius 1 is 1.06 bits per heavy atom. The van der Waals surface area contributed by atoms with E-state index in [2.05, 4.69) is 20.5 Å². The lowest BCUT2D eigenvalue weighted by Crippen LogP contribution is -2.18. The number of aromatic nitrogens is 4. The van der Waals surface area contributed by atoms with Gasteiger partial charge in [0.1, 0.15) is 18.1 Å². The molecule has 0 saturated carbocycles. The quantitative estimate of drug-likeness (QED) is 0.389. The highest BCUT2D eigenvalue weighted by Gasteiger charge is 2.13. The standard InChI is InChI=1S/C25H20ClN5O3/c1-27-25(32)18-6-3-15(11-20(18)26)16-4-8-23-29-30-24(31(23)13-16)14-34-22-9-10-28-21-12-17(33-2)5-7-19(21)22/h3-13H,14H2,1-2H3,(H,27,32). The van der Waals surface area contributed by atoms with Crippen molar-refractivity contribution in [2.45, 2.75) is 6.61 Å². The number of amides is 1. The van der Waals surface area contributed by atoms with E-state index in [1.165, 1.54) is 0 Å². The minimum absolute atomic E-state index is 0.214. The Morgan fingerprint density at radius 3 is 2.71 bits per heavy atom. The van der Waals surface area contributed by atoms with E-state index in [1.807, 2.05) is 53.1 Å². The number of carbonyl (C=O) groups is 1. The summed E-state index contributed by atoms with van der Waals surface area (Å²) in [5, 5.41) is 12.4. The molecule has 170 valence electrons. The summed E-state index contributed by atoms with van der Waals surface area (Å²) >= 11 is 6.34. The van der Waals surface area contributed by atoms with Gasteiger partial charge in [0.2, 0.25) is 0 Å². The van der Waals surface area contributed by atoms with Gasteiger partial charge in [-0.25, -0.2) is 0 Å². The largest absolute Gasteiger partial charge is 0.497 e. The van der Waals surface area contributed by atoms with Gasteiger partial charge in [0.05, 0.1) is 23.2 Å². The summed E-state index contributed by atoms with van der Waals surface area (Å²) < 4.78 is 13.2.